The van der Waals surface area contributed by atoms with Gasteiger partial charge in [0.15, 0.2) is 0 Å². The van der Waals surface area contributed by atoms with E-state index in [0.29, 0.717) is 11.1 Å². The Bertz CT molecular complexity index is 176. The van der Waals surface area contributed by atoms with E-state index in [0.717, 1.165) is 18.4 Å². The van der Waals surface area contributed by atoms with E-state index in [1.807, 2.05) is 6.08 Å². The average Bonchev–Trinajstić information content (AvgIpc) is 1.96. The second-order valence-corrected chi connectivity index (χ2v) is 3.56. The average molecular weight is 188 g/mol. The minimum Gasteiger partial charge on any atom is -0.389 e. The van der Waals surface area contributed by atoms with Crippen molar-refractivity contribution in [2.45, 2.75) is 33.6 Å². The van der Waals surface area contributed by atoms with Gasteiger partial charge < -0.3 is 5.73 Å². The first-order chi connectivity index (χ1) is 5.59. The Morgan fingerprint density at radius 1 is 1.50 bits per heavy atom. The van der Waals surface area contributed by atoms with Gasteiger partial charge in [0.25, 0.3) is 0 Å². The third-order valence-corrected chi connectivity index (χ3v) is 1.87. The van der Waals surface area contributed by atoms with Crippen LogP contribution in [0.1, 0.15) is 33.6 Å². The molecule has 0 heterocycles. The highest BCUT2D eigenvalue weighted by atomic mass is 35.5. The van der Waals surface area contributed by atoms with E-state index in [1.165, 1.54) is 0 Å². The second-order valence-electron chi connectivity index (χ2n) is 3.15. The molecule has 0 fully saturated rings. The SMILES string of the molecule is CCC/C=C\C(=C(/N)Cl)C(C)C. The van der Waals surface area contributed by atoms with Gasteiger partial charge >= 0.3 is 0 Å². The van der Waals surface area contributed by atoms with Crippen LogP contribution in [0.5, 0.6) is 0 Å². The predicted molar refractivity (Wildman–Crippen MR) is 56.0 cm³/mol. The number of hydrogen-bond acceptors (Lipinski definition) is 1. The van der Waals surface area contributed by atoms with Crippen LogP contribution < -0.4 is 5.73 Å². The van der Waals surface area contributed by atoms with Gasteiger partial charge in [-0.15, -0.1) is 0 Å². The fourth-order valence-corrected chi connectivity index (χ4v) is 1.21. The third-order valence-electron chi connectivity index (χ3n) is 1.65. The second kappa shape index (κ2) is 6.13. The van der Waals surface area contributed by atoms with Gasteiger partial charge in [-0.2, -0.15) is 0 Å². The van der Waals surface area contributed by atoms with Crippen LogP contribution in [-0.4, -0.2) is 0 Å². The number of nitrogens with two attached hydrogens (primary N) is 1. The zero-order valence-corrected chi connectivity index (χ0v) is 8.86. The number of allylic oxidation sites excluding steroid dienone is 3. The molecule has 0 aromatic heterocycles. The van der Waals surface area contributed by atoms with Gasteiger partial charge in [-0.25, -0.2) is 0 Å². The van der Waals surface area contributed by atoms with E-state index >= 15 is 0 Å². The maximum Gasteiger partial charge on any atom is 0.103 e. The summed E-state index contributed by atoms with van der Waals surface area (Å²) in [5, 5.41) is 0.414. The molecule has 2 N–H and O–H groups in total. The molecule has 0 aromatic rings. The van der Waals surface area contributed by atoms with Crippen molar-refractivity contribution in [3.8, 4) is 0 Å². The summed E-state index contributed by atoms with van der Waals surface area (Å²) in [6, 6.07) is 0. The minimum absolute atomic E-state index is 0.399. The topological polar surface area (TPSA) is 26.0 Å². The minimum atomic E-state index is 0.399. The van der Waals surface area contributed by atoms with E-state index in [9.17, 15) is 0 Å². The predicted octanol–water partition coefficient (Wildman–Crippen LogP) is 3.41. The molecule has 0 amide bonds. The van der Waals surface area contributed by atoms with Crippen LogP contribution in [0.25, 0.3) is 0 Å². The molecular weight excluding hydrogens is 170 g/mol. The molecule has 0 atom stereocenters. The van der Waals surface area contributed by atoms with Crippen molar-refractivity contribution in [3.05, 3.63) is 22.9 Å². The van der Waals surface area contributed by atoms with Crippen molar-refractivity contribution in [1.82, 2.24) is 0 Å². The Morgan fingerprint density at radius 2 is 2.08 bits per heavy atom. The zero-order valence-electron chi connectivity index (χ0n) is 8.10. The van der Waals surface area contributed by atoms with Crippen LogP contribution in [0.3, 0.4) is 0 Å². The van der Waals surface area contributed by atoms with Gasteiger partial charge in [0.05, 0.1) is 0 Å². The molecule has 0 spiro atoms. The van der Waals surface area contributed by atoms with Crippen LogP contribution >= 0.6 is 11.6 Å². The summed E-state index contributed by atoms with van der Waals surface area (Å²) in [6.07, 6.45) is 6.38. The van der Waals surface area contributed by atoms with Gasteiger partial charge in [-0.05, 0) is 17.9 Å². The lowest BCUT2D eigenvalue weighted by Gasteiger charge is -2.06. The Balaban J connectivity index is 4.26. The zero-order chi connectivity index (χ0) is 9.56. The molecular formula is C10H18ClN. The maximum absolute atomic E-state index is 5.72. The normalized spacial score (nSPS) is 14.1. The summed E-state index contributed by atoms with van der Waals surface area (Å²) in [7, 11) is 0. The van der Waals surface area contributed by atoms with Crippen LogP contribution in [0.4, 0.5) is 0 Å². The molecule has 0 unspecified atom stereocenters. The molecule has 0 aliphatic rings. The van der Waals surface area contributed by atoms with Crippen molar-refractivity contribution >= 4 is 11.6 Å². The molecule has 12 heavy (non-hydrogen) atoms. The van der Waals surface area contributed by atoms with E-state index in [1.54, 1.807) is 0 Å². The molecule has 70 valence electrons. The van der Waals surface area contributed by atoms with Gasteiger partial charge in [0.2, 0.25) is 0 Å². The monoisotopic (exact) mass is 187 g/mol. The van der Waals surface area contributed by atoms with Crippen molar-refractivity contribution < 1.29 is 0 Å². The third kappa shape index (κ3) is 4.45. The number of hydrogen-bond donors (Lipinski definition) is 1. The Morgan fingerprint density at radius 3 is 2.42 bits per heavy atom. The molecule has 0 radical (unpaired) electrons. The largest absolute Gasteiger partial charge is 0.389 e. The first-order valence-corrected chi connectivity index (χ1v) is 4.79. The Labute approximate surface area is 80.3 Å². The number of rotatable bonds is 4. The fraction of sp³-hybridized carbons (Fsp3) is 0.600. The maximum atomic E-state index is 5.72. The smallest absolute Gasteiger partial charge is 0.103 e. The van der Waals surface area contributed by atoms with Gasteiger partial charge in [-0.1, -0.05) is 50.9 Å². The van der Waals surface area contributed by atoms with Crippen LogP contribution in [0, 0.1) is 5.92 Å². The highest BCUT2D eigenvalue weighted by Gasteiger charge is 2.02. The van der Waals surface area contributed by atoms with Crippen molar-refractivity contribution in [3.63, 3.8) is 0 Å². The van der Waals surface area contributed by atoms with Crippen molar-refractivity contribution in [1.29, 1.82) is 0 Å². The molecule has 0 aliphatic carbocycles. The van der Waals surface area contributed by atoms with E-state index in [4.69, 9.17) is 17.3 Å². The molecule has 0 rings (SSSR count). The first-order valence-electron chi connectivity index (χ1n) is 4.41. The molecule has 0 aromatic carbocycles. The van der Waals surface area contributed by atoms with Crippen LogP contribution in [0.15, 0.2) is 22.9 Å². The molecule has 0 aliphatic heterocycles. The lowest BCUT2D eigenvalue weighted by Crippen LogP contribution is -2.00. The molecule has 0 saturated heterocycles. The van der Waals surface area contributed by atoms with Gasteiger partial charge in [0, 0.05) is 0 Å². The lowest BCUT2D eigenvalue weighted by atomic mass is 10.0. The van der Waals surface area contributed by atoms with Gasteiger partial charge in [0.1, 0.15) is 5.16 Å². The van der Waals surface area contributed by atoms with E-state index in [2.05, 4.69) is 26.8 Å². The van der Waals surface area contributed by atoms with Crippen molar-refractivity contribution in [2.24, 2.45) is 11.7 Å². The standard InChI is InChI=1S/C10H18ClN/c1-4-5-6-7-9(8(2)3)10(11)12/h6-8H,4-5,12H2,1-3H3/b7-6-,10-9+. The summed E-state index contributed by atoms with van der Waals surface area (Å²) < 4.78 is 0. The number of halogens is 1. The van der Waals surface area contributed by atoms with E-state index in [-0.39, 0.29) is 0 Å². The Hall–Kier alpha value is -0.430. The van der Waals surface area contributed by atoms with E-state index < -0.39 is 0 Å². The summed E-state index contributed by atoms with van der Waals surface area (Å²) in [5.41, 5.74) is 6.55. The lowest BCUT2D eigenvalue weighted by molar-refractivity contribution is 0.783. The quantitative estimate of drug-likeness (QED) is 0.530. The summed E-state index contributed by atoms with van der Waals surface area (Å²) in [5.74, 6) is 0.399. The van der Waals surface area contributed by atoms with Crippen LogP contribution in [0.2, 0.25) is 0 Å². The molecule has 2 heteroatoms. The summed E-state index contributed by atoms with van der Waals surface area (Å²) >= 11 is 5.72. The molecule has 0 saturated carbocycles. The fourth-order valence-electron chi connectivity index (χ4n) is 0.925. The van der Waals surface area contributed by atoms with Gasteiger partial charge in [-0.3, -0.25) is 0 Å². The number of unbranched alkanes of at least 4 members (excludes halogenated alkanes) is 1. The molecule has 1 nitrogen and oxygen atoms in total. The Kier molecular flexibility index (Phi) is 5.91. The summed E-state index contributed by atoms with van der Waals surface area (Å²) in [6.45, 7) is 6.31. The highest BCUT2D eigenvalue weighted by molar-refractivity contribution is 6.29. The molecule has 0 bridgehead atoms. The first kappa shape index (κ1) is 11.6. The van der Waals surface area contributed by atoms with Crippen molar-refractivity contribution in [2.75, 3.05) is 0 Å². The van der Waals surface area contributed by atoms with Crippen LogP contribution in [-0.2, 0) is 0 Å². The highest BCUT2D eigenvalue weighted by Crippen LogP contribution is 2.16. The summed E-state index contributed by atoms with van der Waals surface area (Å²) in [4.78, 5) is 0.